The van der Waals surface area contributed by atoms with Crippen molar-refractivity contribution in [1.29, 1.82) is 5.26 Å². The summed E-state index contributed by atoms with van der Waals surface area (Å²) < 4.78 is 0. The number of amides is 2. The number of aromatic amines is 1. The Morgan fingerprint density at radius 2 is 2.00 bits per heavy atom. The topological polar surface area (TPSA) is 132 Å². The first-order valence-corrected chi connectivity index (χ1v) is 12.1. The van der Waals surface area contributed by atoms with Crippen LogP contribution in [0.2, 0.25) is 0 Å². The average molecular weight is 478 g/mol. The molecular formula is C27H35N5O3. The molecule has 0 spiro atoms. The molecule has 0 bridgehead atoms. The van der Waals surface area contributed by atoms with Gasteiger partial charge in [0, 0.05) is 24.0 Å². The van der Waals surface area contributed by atoms with Crippen LogP contribution in [0.15, 0.2) is 29.1 Å². The van der Waals surface area contributed by atoms with Crippen molar-refractivity contribution in [2.45, 2.75) is 66.1 Å². The van der Waals surface area contributed by atoms with Crippen LogP contribution in [-0.4, -0.2) is 46.4 Å². The number of hydrogen-bond donors (Lipinski definition) is 3. The quantitative estimate of drug-likeness (QED) is 0.608. The van der Waals surface area contributed by atoms with Crippen LogP contribution in [0.4, 0.5) is 0 Å². The first-order valence-electron chi connectivity index (χ1n) is 12.1. The van der Waals surface area contributed by atoms with E-state index in [4.69, 9.17) is 5.73 Å². The largest absolute Gasteiger partial charge is 0.338 e. The number of nitrogens with one attached hydrogen (secondary N) is 2. The van der Waals surface area contributed by atoms with Crippen LogP contribution in [0.5, 0.6) is 0 Å². The molecule has 1 aromatic carbocycles. The van der Waals surface area contributed by atoms with Crippen LogP contribution >= 0.6 is 0 Å². The molecule has 2 heterocycles. The summed E-state index contributed by atoms with van der Waals surface area (Å²) in [4.78, 5) is 43.8. The third-order valence-corrected chi connectivity index (χ3v) is 7.93. The third kappa shape index (κ3) is 4.45. The molecule has 8 heteroatoms. The molecule has 1 saturated carbocycles. The molecule has 1 saturated heterocycles. The zero-order chi connectivity index (χ0) is 25.9. The van der Waals surface area contributed by atoms with Gasteiger partial charge in [0.2, 0.25) is 11.8 Å². The first kappa shape index (κ1) is 24.9. The Morgan fingerprint density at radius 1 is 1.31 bits per heavy atom. The Kier molecular flexibility index (Phi) is 6.05. The number of nitriles is 1. The van der Waals surface area contributed by atoms with Crippen LogP contribution in [0, 0.1) is 40.9 Å². The summed E-state index contributed by atoms with van der Waals surface area (Å²) in [5.41, 5.74) is 7.68. The van der Waals surface area contributed by atoms with Gasteiger partial charge >= 0.3 is 0 Å². The second kappa shape index (κ2) is 8.49. The highest BCUT2D eigenvalue weighted by atomic mass is 16.2. The molecule has 1 aliphatic carbocycles. The second-order valence-electron chi connectivity index (χ2n) is 11.8. The lowest BCUT2D eigenvalue weighted by Gasteiger charge is -2.35. The fraction of sp³-hybridized carbons (Fsp3) is 0.556. The molecule has 2 fully saturated rings. The molecule has 186 valence electrons. The molecular weight excluding hydrogens is 442 g/mol. The van der Waals surface area contributed by atoms with E-state index in [1.54, 1.807) is 11.0 Å². The number of rotatable bonds is 5. The maximum Gasteiger partial charge on any atom is 0.251 e. The number of aryl methyl sites for hydroxylation is 1. The lowest BCUT2D eigenvalue weighted by Crippen LogP contribution is -2.58. The lowest BCUT2D eigenvalue weighted by atomic mass is 9.86. The van der Waals surface area contributed by atoms with E-state index in [0.717, 1.165) is 16.5 Å². The van der Waals surface area contributed by atoms with Crippen LogP contribution in [0.3, 0.4) is 0 Å². The SMILES string of the molecule is Cc1ccc2[nH]c(=O)c(C[C@H](C#N)NC(=O)C3[C@@H]4C(CN3C(=O)[C@H](N)C(C)(C)C)C4(C)C)cc2c1. The number of benzene rings is 1. The van der Waals surface area contributed by atoms with Crippen molar-refractivity contribution < 1.29 is 9.59 Å². The Morgan fingerprint density at radius 3 is 2.63 bits per heavy atom. The Hall–Kier alpha value is -3.18. The zero-order valence-electron chi connectivity index (χ0n) is 21.3. The summed E-state index contributed by atoms with van der Waals surface area (Å²) in [6.45, 7) is 12.4. The third-order valence-electron chi connectivity index (χ3n) is 7.93. The van der Waals surface area contributed by atoms with E-state index in [0.29, 0.717) is 12.1 Å². The highest BCUT2D eigenvalue weighted by Crippen LogP contribution is 2.65. The molecule has 2 unspecified atom stereocenters. The molecule has 1 aromatic heterocycles. The fourth-order valence-electron chi connectivity index (χ4n) is 5.49. The number of carbonyl (C=O) groups is 2. The number of carbonyl (C=O) groups excluding carboxylic acids is 2. The Labute approximate surface area is 205 Å². The Balaban J connectivity index is 1.55. The minimum atomic E-state index is -0.903. The van der Waals surface area contributed by atoms with Gasteiger partial charge in [-0.25, -0.2) is 0 Å². The summed E-state index contributed by atoms with van der Waals surface area (Å²) in [5.74, 6) is -0.362. The summed E-state index contributed by atoms with van der Waals surface area (Å²) in [6.07, 6.45) is 0.0706. The van der Waals surface area contributed by atoms with Gasteiger partial charge in [0.25, 0.3) is 5.56 Å². The molecule has 8 nitrogen and oxygen atoms in total. The van der Waals surface area contributed by atoms with E-state index in [1.165, 1.54) is 0 Å². The summed E-state index contributed by atoms with van der Waals surface area (Å²) >= 11 is 0. The van der Waals surface area contributed by atoms with Crippen molar-refractivity contribution in [3.8, 4) is 6.07 Å². The van der Waals surface area contributed by atoms with Crippen molar-refractivity contribution in [1.82, 2.24) is 15.2 Å². The van der Waals surface area contributed by atoms with Crippen molar-refractivity contribution in [2.24, 2.45) is 28.4 Å². The lowest BCUT2D eigenvalue weighted by molar-refractivity contribution is -0.143. The molecule has 0 radical (unpaired) electrons. The second-order valence-corrected chi connectivity index (χ2v) is 11.8. The van der Waals surface area contributed by atoms with Gasteiger partial charge in [-0.1, -0.05) is 46.2 Å². The minimum Gasteiger partial charge on any atom is -0.338 e. The van der Waals surface area contributed by atoms with Gasteiger partial charge in [-0.3, -0.25) is 14.4 Å². The number of piperidine rings is 1. The molecule has 2 aromatic rings. The molecule has 4 N–H and O–H groups in total. The molecule has 5 atom stereocenters. The number of nitrogens with two attached hydrogens (primary N) is 1. The van der Waals surface area contributed by atoms with Crippen LogP contribution in [0.25, 0.3) is 10.9 Å². The first-order chi connectivity index (χ1) is 16.3. The maximum atomic E-state index is 13.5. The van der Waals surface area contributed by atoms with E-state index in [1.807, 2.05) is 45.9 Å². The molecule has 4 rings (SSSR count). The monoisotopic (exact) mass is 477 g/mol. The predicted octanol–water partition coefficient (Wildman–Crippen LogP) is 2.24. The highest BCUT2D eigenvalue weighted by molar-refractivity contribution is 5.92. The van der Waals surface area contributed by atoms with E-state index in [9.17, 15) is 19.6 Å². The molecule has 2 aliphatic rings. The number of likely N-dealkylation sites (tertiary alicyclic amines) is 1. The number of nitrogens with zero attached hydrogens (tertiary/aromatic N) is 2. The zero-order valence-corrected chi connectivity index (χ0v) is 21.3. The average Bonchev–Trinajstić information content (AvgIpc) is 3.10. The minimum absolute atomic E-state index is 0.0185. The van der Waals surface area contributed by atoms with Gasteiger partial charge in [0.1, 0.15) is 12.1 Å². The number of hydrogen-bond acceptors (Lipinski definition) is 5. The van der Waals surface area contributed by atoms with Crippen LogP contribution in [0.1, 0.15) is 45.7 Å². The van der Waals surface area contributed by atoms with Crippen molar-refractivity contribution >= 4 is 22.7 Å². The highest BCUT2D eigenvalue weighted by Gasteiger charge is 2.69. The standard InChI is InChI=1S/C27H35N5O3/c1-14-7-8-19-15(9-14)10-16(23(33)31-19)11-17(12-28)30-24(34)21-20-18(27(20,5)6)13-32(21)25(35)22(29)26(2,3)4/h7-10,17-18,20-22H,11,13,29H2,1-6H3,(H,30,34)(H,31,33)/t17-,18?,20+,21?,22+/m1/s1. The number of pyridine rings is 1. The van der Waals surface area contributed by atoms with Gasteiger partial charge in [0.15, 0.2) is 0 Å². The van der Waals surface area contributed by atoms with E-state index in [-0.39, 0.29) is 41.0 Å². The number of fused-ring (bicyclic) bond motifs is 2. The van der Waals surface area contributed by atoms with Crippen LogP contribution in [-0.2, 0) is 16.0 Å². The molecule has 2 amide bonds. The normalized spacial score (nSPS) is 24.4. The van der Waals surface area contributed by atoms with Gasteiger partial charge in [-0.15, -0.1) is 0 Å². The number of H-pyrrole nitrogens is 1. The van der Waals surface area contributed by atoms with Gasteiger partial charge in [-0.05, 0) is 53.2 Å². The maximum absolute atomic E-state index is 13.5. The van der Waals surface area contributed by atoms with E-state index >= 15 is 0 Å². The summed E-state index contributed by atoms with van der Waals surface area (Å²) in [6, 6.07) is 7.31. The summed E-state index contributed by atoms with van der Waals surface area (Å²) in [5, 5.41) is 13.5. The van der Waals surface area contributed by atoms with Crippen LogP contribution < -0.4 is 16.6 Å². The van der Waals surface area contributed by atoms with E-state index in [2.05, 4.69) is 30.2 Å². The molecule has 1 aliphatic heterocycles. The smallest absolute Gasteiger partial charge is 0.251 e. The Bertz CT molecular complexity index is 1280. The summed E-state index contributed by atoms with van der Waals surface area (Å²) in [7, 11) is 0. The molecule has 35 heavy (non-hydrogen) atoms. The van der Waals surface area contributed by atoms with Gasteiger partial charge < -0.3 is 20.9 Å². The number of aromatic nitrogens is 1. The van der Waals surface area contributed by atoms with Gasteiger partial charge in [0.05, 0.1) is 12.1 Å². The predicted molar refractivity (Wildman–Crippen MR) is 134 cm³/mol. The van der Waals surface area contributed by atoms with Crippen molar-refractivity contribution in [2.75, 3.05) is 6.54 Å². The van der Waals surface area contributed by atoms with Gasteiger partial charge in [-0.2, -0.15) is 5.26 Å². The van der Waals surface area contributed by atoms with E-state index < -0.39 is 23.5 Å². The fourth-order valence-corrected chi connectivity index (χ4v) is 5.49. The van der Waals surface area contributed by atoms with Crippen molar-refractivity contribution in [3.05, 3.63) is 45.7 Å². The van der Waals surface area contributed by atoms with Crippen molar-refractivity contribution in [3.63, 3.8) is 0 Å².